The lowest BCUT2D eigenvalue weighted by Crippen LogP contribution is -2.37. The second-order valence-electron chi connectivity index (χ2n) is 4.96. The Morgan fingerprint density at radius 1 is 1.19 bits per heavy atom. The molecule has 2 unspecified atom stereocenters. The van der Waals surface area contributed by atoms with Gasteiger partial charge in [0.1, 0.15) is 0 Å². The first-order valence-corrected chi connectivity index (χ1v) is 6.81. The third kappa shape index (κ3) is 3.80. The Hall–Kier alpha value is -0.530. The molecule has 2 nitrogen and oxygen atoms in total. The zero-order chi connectivity index (χ0) is 12.6. The highest BCUT2D eigenvalue weighted by Crippen LogP contribution is 2.39. The first-order valence-electron chi connectivity index (χ1n) is 6.81. The van der Waals surface area contributed by atoms with Gasteiger partial charge < -0.3 is 0 Å². The van der Waals surface area contributed by atoms with Crippen LogP contribution in [-0.4, -0.2) is 5.91 Å². The average molecular weight is 226 g/mol. The van der Waals surface area contributed by atoms with Crippen LogP contribution in [0, 0.1) is 11.3 Å². The molecule has 0 aliphatic carbocycles. The van der Waals surface area contributed by atoms with Gasteiger partial charge in [-0.15, -0.1) is 0 Å². The molecule has 0 fully saturated rings. The van der Waals surface area contributed by atoms with Gasteiger partial charge in [-0.05, 0) is 18.8 Å². The fourth-order valence-electron chi connectivity index (χ4n) is 2.53. The van der Waals surface area contributed by atoms with Crippen LogP contribution in [-0.2, 0) is 4.79 Å². The molecule has 0 heterocycles. The summed E-state index contributed by atoms with van der Waals surface area (Å²) in [5, 5.41) is 0. The Labute approximate surface area is 101 Å². The SMILES string of the molecule is CCCCCCC(CC)(C([NH])=O)C(C)CC. The zero-order valence-corrected chi connectivity index (χ0v) is 11.4. The van der Waals surface area contributed by atoms with Gasteiger partial charge in [-0.25, -0.2) is 0 Å². The summed E-state index contributed by atoms with van der Waals surface area (Å²) in [7, 11) is 0. The first-order chi connectivity index (χ1) is 7.55. The molecule has 1 radical (unpaired) electrons. The molecule has 1 amide bonds. The smallest absolute Gasteiger partial charge is 0.244 e. The summed E-state index contributed by atoms with van der Waals surface area (Å²) in [5.74, 6) is -0.00928. The van der Waals surface area contributed by atoms with Crippen molar-refractivity contribution in [2.45, 2.75) is 72.6 Å². The molecule has 0 aromatic heterocycles. The predicted molar refractivity (Wildman–Crippen MR) is 69.0 cm³/mol. The molecule has 2 heteroatoms. The van der Waals surface area contributed by atoms with Crippen molar-refractivity contribution in [2.75, 3.05) is 0 Å². The highest BCUT2D eigenvalue weighted by molar-refractivity contribution is 5.80. The molecular weight excluding hydrogens is 198 g/mol. The highest BCUT2D eigenvalue weighted by atomic mass is 16.1. The van der Waals surface area contributed by atoms with E-state index in [9.17, 15) is 4.79 Å². The van der Waals surface area contributed by atoms with Crippen molar-refractivity contribution in [1.29, 1.82) is 0 Å². The molecule has 2 atom stereocenters. The van der Waals surface area contributed by atoms with Gasteiger partial charge in [0.25, 0.3) is 0 Å². The zero-order valence-electron chi connectivity index (χ0n) is 11.4. The molecule has 0 aliphatic heterocycles. The number of amides is 1. The third-order valence-electron chi connectivity index (χ3n) is 4.12. The second kappa shape index (κ2) is 7.70. The molecule has 0 aromatic carbocycles. The van der Waals surface area contributed by atoms with E-state index in [0.29, 0.717) is 5.92 Å². The standard InChI is InChI=1S/C14H28NO/c1-5-8-9-10-11-14(7-3,13(15)16)12(4)6-2/h12,15H,5-11H2,1-4H3. The van der Waals surface area contributed by atoms with E-state index < -0.39 is 0 Å². The summed E-state index contributed by atoms with van der Waals surface area (Å²) in [6.07, 6.45) is 7.46. The van der Waals surface area contributed by atoms with Gasteiger partial charge in [0.2, 0.25) is 5.91 Å². The van der Waals surface area contributed by atoms with Crippen LogP contribution in [0.1, 0.15) is 72.6 Å². The highest BCUT2D eigenvalue weighted by Gasteiger charge is 2.39. The lowest BCUT2D eigenvalue weighted by Gasteiger charge is -2.34. The van der Waals surface area contributed by atoms with E-state index in [2.05, 4.69) is 27.7 Å². The van der Waals surface area contributed by atoms with E-state index in [1.54, 1.807) is 0 Å². The van der Waals surface area contributed by atoms with E-state index in [4.69, 9.17) is 5.73 Å². The maximum atomic E-state index is 11.6. The number of hydrogen-bond acceptors (Lipinski definition) is 1. The van der Waals surface area contributed by atoms with Crippen LogP contribution in [0.15, 0.2) is 0 Å². The third-order valence-corrected chi connectivity index (χ3v) is 4.12. The Morgan fingerprint density at radius 2 is 1.81 bits per heavy atom. The monoisotopic (exact) mass is 226 g/mol. The van der Waals surface area contributed by atoms with E-state index in [1.165, 1.54) is 19.3 Å². The number of unbranched alkanes of at least 4 members (excludes halogenated alkanes) is 3. The normalized spacial score (nSPS) is 16.8. The summed E-state index contributed by atoms with van der Waals surface area (Å²) < 4.78 is 0. The van der Waals surface area contributed by atoms with E-state index in [-0.39, 0.29) is 11.3 Å². The van der Waals surface area contributed by atoms with Crippen LogP contribution in [0.25, 0.3) is 0 Å². The molecule has 0 aromatic rings. The fraction of sp³-hybridized carbons (Fsp3) is 0.929. The Morgan fingerprint density at radius 3 is 2.19 bits per heavy atom. The van der Waals surface area contributed by atoms with Crippen LogP contribution >= 0.6 is 0 Å². The van der Waals surface area contributed by atoms with Crippen molar-refractivity contribution in [2.24, 2.45) is 11.3 Å². The predicted octanol–water partition coefficient (Wildman–Crippen LogP) is 4.21. The van der Waals surface area contributed by atoms with Gasteiger partial charge in [-0.1, -0.05) is 59.8 Å². The summed E-state index contributed by atoms with van der Waals surface area (Å²) in [4.78, 5) is 11.6. The van der Waals surface area contributed by atoms with E-state index >= 15 is 0 Å². The summed E-state index contributed by atoms with van der Waals surface area (Å²) in [6, 6.07) is 0. The average Bonchev–Trinajstić information content (AvgIpc) is 2.28. The van der Waals surface area contributed by atoms with Crippen molar-refractivity contribution in [3.63, 3.8) is 0 Å². The summed E-state index contributed by atoms with van der Waals surface area (Å²) in [5.41, 5.74) is 7.19. The van der Waals surface area contributed by atoms with Gasteiger partial charge >= 0.3 is 0 Å². The molecule has 0 spiro atoms. The quantitative estimate of drug-likeness (QED) is 0.543. The van der Waals surface area contributed by atoms with Gasteiger partial charge in [0.15, 0.2) is 0 Å². The summed E-state index contributed by atoms with van der Waals surface area (Å²) in [6.45, 7) is 8.48. The molecule has 0 saturated carbocycles. The number of rotatable bonds is 9. The van der Waals surface area contributed by atoms with Crippen LogP contribution in [0.4, 0.5) is 0 Å². The van der Waals surface area contributed by atoms with Crippen LogP contribution < -0.4 is 5.73 Å². The van der Waals surface area contributed by atoms with Crippen molar-refractivity contribution >= 4 is 5.91 Å². The second-order valence-corrected chi connectivity index (χ2v) is 4.96. The summed E-state index contributed by atoms with van der Waals surface area (Å²) >= 11 is 0. The topological polar surface area (TPSA) is 40.9 Å². The largest absolute Gasteiger partial charge is 0.273 e. The molecular formula is C14H28NO. The number of carbonyl (C=O) groups excluding carboxylic acids is 1. The minimum Gasteiger partial charge on any atom is -0.273 e. The van der Waals surface area contributed by atoms with Crippen molar-refractivity contribution in [3.05, 3.63) is 0 Å². The molecule has 95 valence electrons. The molecule has 16 heavy (non-hydrogen) atoms. The Kier molecular flexibility index (Phi) is 7.44. The first kappa shape index (κ1) is 15.5. The number of carbonyl (C=O) groups is 1. The van der Waals surface area contributed by atoms with Gasteiger partial charge in [-0.3, -0.25) is 10.5 Å². The van der Waals surface area contributed by atoms with Crippen molar-refractivity contribution in [1.82, 2.24) is 5.73 Å². The van der Waals surface area contributed by atoms with Crippen molar-refractivity contribution < 1.29 is 4.79 Å². The van der Waals surface area contributed by atoms with Crippen LogP contribution in [0.2, 0.25) is 0 Å². The molecule has 0 bridgehead atoms. The van der Waals surface area contributed by atoms with E-state index in [0.717, 1.165) is 25.7 Å². The molecule has 1 N–H and O–H groups in total. The Balaban J connectivity index is 4.46. The van der Waals surface area contributed by atoms with Gasteiger partial charge in [0, 0.05) is 0 Å². The number of hydrogen-bond donors (Lipinski definition) is 0. The van der Waals surface area contributed by atoms with Gasteiger partial charge in [-0.2, -0.15) is 0 Å². The maximum absolute atomic E-state index is 11.6. The van der Waals surface area contributed by atoms with Crippen LogP contribution in [0.5, 0.6) is 0 Å². The fourth-order valence-corrected chi connectivity index (χ4v) is 2.53. The lowest BCUT2D eigenvalue weighted by molar-refractivity contribution is -0.132. The van der Waals surface area contributed by atoms with Crippen LogP contribution in [0.3, 0.4) is 0 Å². The molecule has 0 rings (SSSR count). The molecule has 0 aliphatic rings. The molecule has 0 saturated heterocycles. The van der Waals surface area contributed by atoms with Gasteiger partial charge in [0.05, 0.1) is 5.41 Å². The minimum absolute atomic E-state index is 0.337. The maximum Gasteiger partial charge on any atom is 0.244 e. The lowest BCUT2D eigenvalue weighted by atomic mass is 9.69. The number of nitrogens with one attached hydrogen (secondary N) is 1. The van der Waals surface area contributed by atoms with Crippen molar-refractivity contribution in [3.8, 4) is 0 Å². The van der Waals surface area contributed by atoms with E-state index in [1.807, 2.05) is 0 Å². The Bertz CT molecular complexity index is 203. The minimum atomic E-state index is -0.373.